The molecule has 0 saturated heterocycles. The zero-order valence-electron chi connectivity index (χ0n) is 14.3. The number of thioether (sulfide) groups is 1. The van der Waals surface area contributed by atoms with E-state index in [0.717, 1.165) is 5.56 Å². The molecule has 1 aromatic heterocycles. The monoisotopic (exact) mass is 360 g/mol. The van der Waals surface area contributed by atoms with Gasteiger partial charge in [0, 0.05) is 6.42 Å². The molecule has 1 aromatic carbocycles. The van der Waals surface area contributed by atoms with Crippen molar-refractivity contribution in [1.29, 1.82) is 0 Å². The summed E-state index contributed by atoms with van der Waals surface area (Å²) in [7, 11) is 1.56. The number of carbonyl (C=O) groups is 2. The van der Waals surface area contributed by atoms with E-state index in [0.29, 0.717) is 28.7 Å². The molecule has 0 aliphatic carbocycles. The lowest BCUT2D eigenvalue weighted by Crippen LogP contribution is -2.15. The Morgan fingerprint density at radius 1 is 1.12 bits per heavy atom. The first-order valence-electron chi connectivity index (χ1n) is 7.72. The van der Waals surface area contributed by atoms with Gasteiger partial charge in [0.25, 0.3) is 0 Å². The number of nitrogens with one attached hydrogen (secondary N) is 2. The highest BCUT2D eigenvalue weighted by Crippen LogP contribution is 2.25. The van der Waals surface area contributed by atoms with Crippen LogP contribution in [-0.4, -0.2) is 34.9 Å². The van der Waals surface area contributed by atoms with Gasteiger partial charge in [-0.1, -0.05) is 24.8 Å². The van der Waals surface area contributed by atoms with Crippen molar-refractivity contribution in [1.82, 2.24) is 10.2 Å². The SMILES string of the molecule is CCC(=O)Nc1ccc(SCC(=O)Nc2cc(C)ccc2OC)nn1. The normalized spacial score (nSPS) is 10.2. The molecular weight excluding hydrogens is 340 g/mol. The van der Waals surface area contributed by atoms with Gasteiger partial charge in [0.15, 0.2) is 5.82 Å². The van der Waals surface area contributed by atoms with Gasteiger partial charge in [0.2, 0.25) is 11.8 Å². The smallest absolute Gasteiger partial charge is 0.234 e. The Morgan fingerprint density at radius 2 is 1.92 bits per heavy atom. The minimum Gasteiger partial charge on any atom is -0.495 e. The lowest BCUT2D eigenvalue weighted by Gasteiger charge is -2.10. The maximum Gasteiger partial charge on any atom is 0.234 e. The molecule has 8 heteroatoms. The molecule has 0 bridgehead atoms. The second-order valence-corrected chi connectivity index (χ2v) is 6.19. The fourth-order valence-electron chi connectivity index (χ4n) is 1.94. The van der Waals surface area contributed by atoms with E-state index in [1.165, 1.54) is 11.8 Å². The molecule has 2 N–H and O–H groups in total. The van der Waals surface area contributed by atoms with E-state index in [9.17, 15) is 9.59 Å². The van der Waals surface area contributed by atoms with Gasteiger partial charge in [-0.25, -0.2) is 0 Å². The summed E-state index contributed by atoms with van der Waals surface area (Å²) >= 11 is 1.26. The largest absolute Gasteiger partial charge is 0.495 e. The number of hydrogen-bond donors (Lipinski definition) is 2. The highest BCUT2D eigenvalue weighted by Gasteiger charge is 2.09. The summed E-state index contributed by atoms with van der Waals surface area (Å²) < 4.78 is 5.24. The lowest BCUT2D eigenvalue weighted by atomic mass is 10.2. The van der Waals surface area contributed by atoms with E-state index in [1.54, 1.807) is 26.2 Å². The molecule has 2 rings (SSSR count). The predicted molar refractivity (Wildman–Crippen MR) is 98.0 cm³/mol. The Balaban J connectivity index is 1.90. The van der Waals surface area contributed by atoms with Gasteiger partial charge in [-0.2, -0.15) is 0 Å². The molecule has 25 heavy (non-hydrogen) atoms. The number of hydrogen-bond acceptors (Lipinski definition) is 6. The second-order valence-electron chi connectivity index (χ2n) is 5.20. The van der Waals surface area contributed by atoms with Crippen molar-refractivity contribution >= 4 is 35.1 Å². The number of aromatic nitrogens is 2. The number of aryl methyl sites for hydroxylation is 1. The summed E-state index contributed by atoms with van der Waals surface area (Å²) in [6.07, 6.45) is 0.376. The van der Waals surface area contributed by atoms with E-state index < -0.39 is 0 Å². The van der Waals surface area contributed by atoms with Gasteiger partial charge >= 0.3 is 0 Å². The predicted octanol–water partition coefficient (Wildman–Crippen LogP) is 2.87. The number of amides is 2. The average molecular weight is 360 g/mol. The third-order valence-corrected chi connectivity index (χ3v) is 4.13. The van der Waals surface area contributed by atoms with Crippen LogP contribution in [0.1, 0.15) is 18.9 Å². The standard InChI is InChI=1S/C17H20N4O3S/c1-4-15(22)19-14-7-8-17(21-20-14)25-10-16(23)18-12-9-11(2)5-6-13(12)24-3/h5-9H,4,10H2,1-3H3,(H,18,23)(H,19,20,22). The Morgan fingerprint density at radius 3 is 2.56 bits per heavy atom. The molecule has 0 aliphatic rings. The summed E-state index contributed by atoms with van der Waals surface area (Å²) in [6.45, 7) is 3.70. The molecule has 0 spiro atoms. The zero-order valence-corrected chi connectivity index (χ0v) is 15.1. The van der Waals surface area contributed by atoms with Crippen molar-refractivity contribution in [2.75, 3.05) is 23.5 Å². The van der Waals surface area contributed by atoms with Crippen LogP contribution >= 0.6 is 11.8 Å². The summed E-state index contributed by atoms with van der Waals surface area (Å²) in [4.78, 5) is 23.4. The van der Waals surface area contributed by atoms with E-state index in [-0.39, 0.29) is 17.6 Å². The minimum atomic E-state index is -0.168. The molecular formula is C17H20N4O3S. The van der Waals surface area contributed by atoms with Crippen LogP contribution in [-0.2, 0) is 9.59 Å². The maximum atomic E-state index is 12.1. The molecule has 0 aliphatic heterocycles. The van der Waals surface area contributed by atoms with Crippen LogP contribution < -0.4 is 15.4 Å². The van der Waals surface area contributed by atoms with Gasteiger partial charge in [-0.15, -0.1) is 10.2 Å². The average Bonchev–Trinajstić information content (AvgIpc) is 2.61. The van der Waals surface area contributed by atoms with Crippen molar-refractivity contribution in [2.24, 2.45) is 0 Å². The fourth-order valence-corrected chi connectivity index (χ4v) is 2.55. The van der Waals surface area contributed by atoms with E-state index in [4.69, 9.17) is 4.74 Å². The first-order chi connectivity index (χ1) is 12.0. The number of anilines is 2. The summed E-state index contributed by atoms with van der Waals surface area (Å²) in [5.41, 5.74) is 1.66. The molecule has 132 valence electrons. The van der Waals surface area contributed by atoms with E-state index in [1.807, 2.05) is 25.1 Å². The van der Waals surface area contributed by atoms with Crippen molar-refractivity contribution < 1.29 is 14.3 Å². The molecule has 7 nitrogen and oxygen atoms in total. The Hall–Kier alpha value is -2.61. The quantitative estimate of drug-likeness (QED) is 0.738. The van der Waals surface area contributed by atoms with Crippen LogP contribution in [0.25, 0.3) is 0 Å². The highest BCUT2D eigenvalue weighted by atomic mass is 32.2. The number of methoxy groups -OCH3 is 1. The Bertz CT molecular complexity index is 750. The topological polar surface area (TPSA) is 93.2 Å². The summed E-state index contributed by atoms with van der Waals surface area (Å²) in [5.74, 6) is 0.900. The van der Waals surface area contributed by atoms with Crippen molar-refractivity contribution in [2.45, 2.75) is 25.3 Å². The Kier molecular flexibility index (Phi) is 6.76. The van der Waals surface area contributed by atoms with Crippen LogP contribution in [0.5, 0.6) is 5.75 Å². The molecule has 0 fully saturated rings. The van der Waals surface area contributed by atoms with Crippen LogP contribution in [0.3, 0.4) is 0 Å². The zero-order chi connectivity index (χ0) is 18.2. The summed E-state index contributed by atoms with van der Waals surface area (Å²) in [6, 6.07) is 8.95. The van der Waals surface area contributed by atoms with Crippen LogP contribution in [0.4, 0.5) is 11.5 Å². The third kappa shape index (κ3) is 5.75. The van der Waals surface area contributed by atoms with Crippen molar-refractivity contribution in [3.05, 3.63) is 35.9 Å². The highest BCUT2D eigenvalue weighted by molar-refractivity contribution is 7.99. The van der Waals surface area contributed by atoms with E-state index >= 15 is 0 Å². The second kappa shape index (κ2) is 9.03. The molecule has 1 heterocycles. The van der Waals surface area contributed by atoms with E-state index in [2.05, 4.69) is 20.8 Å². The number of benzene rings is 1. The number of rotatable bonds is 7. The maximum absolute atomic E-state index is 12.1. The van der Waals surface area contributed by atoms with Crippen molar-refractivity contribution in [3.8, 4) is 5.75 Å². The molecule has 2 aromatic rings. The first-order valence-corrected chi connectivity index (χ1v) is 8.71. The number of ether oxygens (including phenoxy) is 1. The molecule has 0 saturated carbocycles. The van der Waals surface area contributed by atoms with Gasteiger partial charge in [-0.3, -0.25) is 9.59 Å². The Labute approximate surface area is 150 Å². The van der Waals surface area contributed by atoms with Crippen LogP contribution in [0, 0.1) is 6.92 Å². The van der Waals surface area contributed by atoms with Crippen LogP contribution in [0.2, 0.25) is 0 Å². The summed E-state index contributed by atoms with van der Waals surface area (Å²) in [5, 5.41) is 13.9. The fraction of sp³-hybridized carbons (Fsp3) is 0.294. The number of carbonyl (C=O) groups excluding carboxylic acids is 2. The van der Waals surface area contributed by atoms with Crippen LogP contribution in [0.15, 0.2) is 35.4 Å². The molecule has 0 unspecified atom stereocenters. The van der Waals surface area contributed by atoms with Gasteiger partial charge in [0.05, 0.1) is 18.6 Å². The third-order valence-electron chi connectivity index (χ3n) is 3.21. The number of nitrogens with zero attached hydrogens (tertiary/aromatic N) is 2. The minimum absolute atomic E-state index is 0.124. The lowest BCUT2D eigenvalue weighted by molar-refractivity contribution is -0.116. The first kappa shape index (κ1) is 18.7. The van der Waals surface area contributed by atoms with Gasteiger partial charge in [0.1, 0.15) is 10.8 Å². The molecule has 0 radical (unpaired) electrons. The van der Waals surface area contributed by atoms with Gasteiger partial charge < -0.3 is 15.4 Å². The molecule has 2 amide bonds. The van der Waals surface area contributed by atoms with Crippen molar-refractivity contribution in [3.63, 3.8) is 0 Å². The molecule has 0 atom stereocenters. The van der Waals surface area contributed by atoms with Gasteiger partial charge in [-0.05, 0) is 36.8 Å².